The standard InChI is InChI=1S/C21H30O5.C10H12O5S/c1-19(2,3)25-17(22)21(18(23)26-20(4,5)6)12-16(21)14-24-13-15-10-8-7-9-11-15;11-16(12)14-8-10(15-16)7-13-6-9-4-2-1-3-5-9/h7-11,16H,12-14H2,1-6H3;1-5,10H,6-8H2/t16-;10-/m00/s1. The van der Waals surface area contributed by atoms with Gasteiger partial charge in [0.05, 0.1) is 33.0 Å². The van der Waals surface area contributed by atoms with Gasteiger partial charge in [0, 0.05) is 5.92 Å². The van der Waals surface area contributed by atoms with Crippen LogP contribution in [0.3, 0.4) is 0 Å². The summed E-state index contributed by atoms with van der Waals surface area (Å²) in [5.41, 5.74) is -0.497. The lowest BCUT2D eigenvalue weighted by Gasteiger charge is -2.27. The maximum absolute atomic E-state index is 12.7. The van der Waals surface area contributed by atoms with Crippen molar-refractivity contribution in [3.8, 4) is 0 Å². The van der Waals surface area contributed by atoms with E-state index in [9.17, 15) is 18.0 Å². The average molecular weight is 607 g/mol. The van der Waals surface area contributed by atoms with Crippen LogP contribution >= 0.6 is 0 Å². The summed E-state index contributed by atoms with van der Waals surface area (Å²) in [4.78, 5) is 25.5. The first kappa shape index (κ1) is 33.7. The van der Waals surface area contributed by atoms with Crippen LogP contribution in [-0.2, 0) is 60.5 Å². The fraction of sp³-hybridized carbons (Fsp3) is 0.548. The number of hydrogen-bond donors (Lipinski definition) is 0. The molecule has 0 radical (unpaired) electrons. The van der Waals surface area contributed by atoms with E-state index in [1.165, 1.54) is 0 Å². The molecule has 0 bridgehead atoms. The molecule has 1 saturated heterocycles. The Bertz CT molecular complexity index is 1240. The lowest BCUT2D eigenvalue weighted by atomic mass is 10.0. The minimum Gasteiger partial charge on any atom is -0.459 e. The summed E-state index contributed by atoms with van der Waals surface area (Å²) in [6.45, 7) is 12.1. The largest absolute Gasteiger partial charge is 0.459 e. The highest BCUT2D eigenvalue weighted by Gasteiger charge is 2.69. The van der Waals surface area contributed by atoms with Gasteiger partial charge in [0.2, 0.25) is 0 Å². The maximum atomic E-state index is 12.7. The molecule has 0 spiro atoms. The highest BCUT2D eigenvalue weighted by atomic mass is 32.3. The highest BCUT2D eigenvalue weighted by molar-refractivity contribution is 7.82. The molecule has 2 aromatic rings. The molecule has 2 aliphatic rings. The first-order chi connectivity index (χ1) is 19.6. The van der Waals surface area contributed by atoms with Crippen molar-refractivity contribution in [2.45, 2.75) is 78.5 Å². The molecular formula is C31H42O10S. The molecule has 0 amide bonds. The fourth-order valence-electron chi connectivity index (χ4n) is 4.09. The number of benzene rings is 2. The van der Waals surface area contributed by atoms with Crippen molar-refractivity contribution in [1.82, 2.24) is 0 Å². The molecule has 0 N–H and O–H groups in total. The Labute approximate surface area is 248 Å². The van der Waals surface area contributed by atoms with Gasteiger partial charge in [-0.2, -0.15) is 8.42 Å². The summed E-state index contributed by atoms with van der Waals surface area (Å²) in [7, 11) is -3.77. The summed E-state index contributed by atoms with van der Waals surface area (Å²) < 4.78 is 52.7. The Morgan fingerprint density at radius 1 is 0.786 bits per heavy atom. The van der Waals surface area contributed by atoms with E-state index in [4.69, 9.17) is 18.9 Å². The lowest BCUT2D eigenvalue weighted by molar-refractivity contribution is -0.178. The number of carbonyl (C=O) groups excluding carboxylic acids is 2. The minimum atomic E-state index is -3.77. The van der Waals surface area contributed by atoms with Crippen LogP contribution in [-0.4, -0.2) is 57.5 Å². The van der Waals surface area contributed by atoms with Gasteiger partial charge in [-0.05, 0) is 59.1 Å². The van der Waals surface area contributed by atoms with Crippen LogP contribution in [0.4, 0.5) is 0 Å². The Morgan fingerprint density at radius 3 is 1.64 bits per heavy atom. The second-order valence-electron chi connectivity index (χ2n) is 12.3. The van der Waals surface area contributed by atoms with Gasteiger partial charge in [0.1, 0.15) is 17.3 Å². The van der Waals surface area contributed by atoms with Crippen molar-refractivity contribution in [3.05, 3.63) is 71.8 Å². The molecule has 232 valence electrons. The van der Waals surface area contributed by atoms with Crippen molar-refractivity contribution in [2.75, 3.05) is 19.8 Å². The van der Waals surface area contributed by atoms with Gasteiger partial charge in [0.15, 0.2) is 5.41 Å². The second kappa shape index (κ2) is 14.1. The fourth-order valence-corrected chi connectivity index (χ4v) is 4.90. The summed E-state index contributed by atoms with van der Waals surface area (Å²) in [6, 6.07) is 19.4. The second-order valence-corrected chi connectivity index (χ2v) is 13.5. The lowest BCUT2D eigenvalue weighted by Crippen LogP contribution is -2.40. The van der Waals surface area contributed by atoms with Gasteiger partial charge in [-0.15, -0.1) is 0 Å². The van der Waals surface area contributed by atoms with E-state index in [2.05, 4.69) is 8.37 Å². The molecule has 2 aromatic carbocycles. The summed E-state index contributed by atoms with van der Waals surface area (Å²) in [5.74, 6) is -1.27. The third kappa shape index (κ3) is 10.8. The third-order valence-electron chi connectivity index (χ3n) is 6.13. The van der Waals surface area contributed by atoms with Crippen molar-refractivity contribution in [3.63, 3.8) is 0 Å². The van der Waals surface area contributed by atoms with Crippen LogP contribution in [0, 0.1) is 11.3 Å². The van der Waals surface area contributed by atoms with Crippen LogP contribution in [0.15, 0.2) is 60.7 Å². The van der Waals surface area contributed by atoms with Gasteiger partial charge < -0.3 is 18.9 Å². The molecule has 1 saturated carbocycles. The van der Waals surface area contributed by atoms with E-state index < -0.39 is 45.1 Å². The zero-order valence-electron chi connectivity index (χ0n) is 25.2. The van der Waals surface area contributed by atoms with E-state index in [0.29, 0.717) is 26.2 Å². The van der Waals surface area contributed by atoms with Crippen molar-refractivity contribution in [2.24, 2.45) is 11.3 Å². The van der Waals surface area contributed by atoms with E-state index in [1.54, 1.807) is 41.5 Å². The van der Waals surface area contributed by atoms with Gasteiger partial charge in [0.25, 0.3) is 0 Å². The van der Waals surface area contributed by atoms with Crippen molar-refractivity contribution in [1.29, 1.82) is 0 Å². The number of ether oxygens (including phenoxy) is 4. The van der Waals surface area contributed by atoms with Gasteiger partial charge in [-0.1, -0.05) is 60.7 Å². The molecule has 42 heavy (non-hydrogen) atoms. The predicted octanol–water partition coefficient (Wildman–Crippen LogP) is 4.76. The topological polar surface area (TPSA) is 124 Å². The van der Waals surface area contributed by atoms with E-state index in [1.807, 2.05) is 60.7 Å². The minimum absolute atomic E-state index is 0.0249. The maximum Gasteiger partial charge on any atom is 0.400 e. The summed E-state index contributed by atoms with van der Waals surface area (Å²) in [6.07, 6.45) is -0.139. The first-order valence-corrected chi connectivity index (χ1v) is 15.2. The first-order valence-electron chi connectivity index (χ1n) is 13.9. The highest BCUT2D eigenvalue weighted by Crippen LogP contribution is 2.55. The monoisotopic (exact) mass is 606 g/mol. The smallest absolute Gasteiger partial charge is 0.400 e. The van der Waals surface area contributed by atoms with Gasteiger partial charge in [-0.25, -0.2) is 8.37 Å². The number of esters is 2. The number of hydrogen-bond acceptors (Lipinski definition) is 10. The van der Waals surface area contributed by atoms with Crippen LogP contribution in [0.25, 0.3) is 0 Å². The number of rotatable bonds is 10. The van der Waals surface area contributed by atoms with Crippen LogP contribution in [0.1, 0.15) is 59.1 Å². The van der Waals surface area contributed by atoms with Crippen LogP contribution < -0.4 is 0 Å². The molecule has 2 fully saturated rings. The molecular weight excluding hydrogens is 564 g/mol. The summed E-state index contributed by atoms with van der Waals surface area (Å²) in [5, 5.41) is 0. The molecule has 1 aliphatic heterocycles. The van der Waals surface area contributed by atoms with Crippen LogP contribution in [0.5, 0.6) is 0 Å². The molecule has 1 heterocycles. The molecule has 4 rings (SSSR count). The van der Waals surface area contributed by atoms with Gasteiger partial charge >= 0.3 is 22.3 Å². The third-order valence-corrected chi connectivity index (χ3v) is 7.06. The van der Waals surface area contributed by atoms with Crippen molar-refractivity contribution < 1.29 is 45.3 Å². The van der Waals surface area contributed by atoms with E-state index >= 15 is 0 Å². The van der Waals surface area contributed by atoms with E-state index in [0.717, 1.165) is 11.1 Å². The zero-order chi connectivity index (χ0) is 31.0. The summed E-state index contributed by atoms with van der Waals surface area (Å²) >= 11 is 0. The SMILES string of the molecule is CC(C)(C)OC(=O)C1(C(=O)OC(C)(C)C)C[C@H]1COCc1ccccc1.O=S1(=O)OC[C@H](COCc2ccccc2)O1. The normalized spacial score (nSPS) is 20.6. The van der Waals surface area contributed by atoms with Crippen molar-refractivity contribution >= 4 is 22.3 Å². The molecule has 0 aromatic heterocycles. The Morgan fingerprint density at radius 2 is 1.24 bits per heavy atom. The van der Waals surface area contributed by atoms with Gasteiger partial charge in [-0.3, -0.25) is 9.59 Å². The Balaban J connectivity index is 0.000000258. The Hall–Kier alpha value is -2.83. The number of carbonyl (C=O) groups is 2. The molecule has 0 unspecified atom stereocenters. The molecule has 11 heteroatoms. The quantitative estimate of drug-likeness (QED) is 0.276. The van der Waals surface area contributed by atoms with E-state index in [-0.39, 0.29) is 19.1 Å². The average Bonchev–Trinajstić information content (AvgIpc) is 3.53. The Kier molecular flexibility index (Phi) is 11.3. The zero-order valence-corrected chi connectivity index (χ0v) is 26.0. The van der Waals surface area contributed by atoms with Crippen LogP contribution in [0.2, 0.25) is 0 Å². The molecule has 1 aliphatic carbocycles. The predicted molar refractivity (Wildman–Crippen MR) is 154 cm³/mol. The molecule has 10 nitrogen and oxygen atoms in total. The molecule has 2 atom stereocenters.